The standard InChI is InChI=1S/C10H7F3O2.ClH/c11-7-5-9(13)8(12)4-6(7)10(15)2-1-3-14;/h3-5H,1-2H2;1H. The number of Topliss-reactive ketones (excluding diaryl/α,β-unsaturated/α-hetero) is 1. The maximum atomic E-state index is 13.0. The Hall–Kier alpha value is -1.36. The van der Waals surface area contributed by atoms with Crippen LogP contribution in [0.1, 0.15) is 23.2 Å². The predicted molar refractivity (Wildman–Crippen MR) is 53.2 cm³/mol. The van der Waals surface area contributed by atoms with Gasteiger partial charge in [0.15, 0.2) is 17.4 Å². The van der Waals surface area contributed by atoms with E-state index in [2.05, 4.69) is 0 Å². The molecule has 2 nitrogen and oxygen atoms in total. The van der Waals surface area contributed by atoms with E-state index < -0.39 is 28.8 Å². The van der Waals surface area contributed by atoms with Crippen LogP contribution in [0.25, 0.3) is 0 Å². The molecule has 0 fully saturated rings. The highest BCUT2D eigenvalue weighted by Crippen LogP contribution is 2.15. The summed E-state index contributed by atoms with van der Waals surface area (Å²) in [6, 6.07) is 0.807. The monoisotopic (exact) mass is 252 g/mol. The van der Waals surface area contributed by atoms with Gasteiger partial charge in [-0.15, -0.1) is 12.4 Å². The highest BCUT2D eigenvalue weighted by molar-refractivity contribution is 5.97. The molecular weight excluding hydrogens is 245 g/mol. The lowest BCUT2D eigenvalue weighted by Gasteiger charge is -2.01. The number of rotatable bonds is 4. The fraction of sp³-hybridized carbons (Fsp3) is 0.200. The second-order valence-electron chi connectivity index (χ2n) is 2.87. The molecule has 0 radical (unpaired) electrons. The first-order valence-electron chi connectivity index (χ1n) is 4.17. The van der Waals surface area contributed by atoms with Gasteiger partial charge in [0, 0.05) is 18.9 Å². The SMILES string of the molecule is Cl.O=CCCC(=O)c1cc(F)c(F)cc1F. The predicted octanol–water partition coefficient (Wildman–Crippen LogP) is 2.69. The number of hydrogen-bond acceptors (Lipinski definition) is 2. The quantitative estimate of drug-likeness (QED) is 0.469. The molecule has 6 heteroatoms. The first-order chi connectivity index (χ1) is 7.06. The van der Waals surface area contributed by atoms with Crippen LogP contribution in [-0.4, -0.2) is 12.1 Å². The van der Waals surface area contributed by atoms with E-state index in [9.17, 15) is 22.8 Å². The first-order valence-corrected chi connectivity index (χ1v) is 4.17. The number of aldehydes is 1. The molecule has 0 saturated heterocycles. The van der Waals surface area contributed by atoms with Crippen LogP contribution in [0.15, 0.2) is 12.1 Å². The van der Waals surface area contributed by atoms with Gasteiger partial charge in [-0.3, -0.25) is 4.79 Å². The van der Waals surface area contributed by atoms with E-state index in [1.54, 1.807) is 0 Å². The van der Waals surface area contributed by atoms with Crippen LogP contribution < -0.4 is 0 Å². The number of carbonyl (C=O) groups is 2. The van der Waals surface area contributed by atoms with Crippen molar-refractivity contribution in [1.82, 2.24) is 0 Å². The molecule has 0 bridgehead atoms. The van der Waals surface area contributed by atoms with Crippen molar-refractivity contribution in [3.8, 4) is 0 Å². The Morgan fingerprint density at radius 3 is 2.25 bits per heavy atom. The maximum Gasteiger partial charge on any atom is 0.166 e. The second kappa shape index (κ2) is 6.27. The van der Waals surface area contributed by atoms with E-state index >= 15 is 0 Å². The molecule has 0 amide bonds. The molecule has 0 aliphatic heterocycles. The number of carbonyl (C=O) groups excluding carboxylic acids is 2. The number of halogens is 4. The lowest BCUT2D eigenvalue weighted by molar-refractivity contribution is -0.107. The molecule has 0 N–H and O–H groups in total. The normalized spacial score (nSPS) is 9.44. The molecule has 0 unspecified atom stereocenters. The van der Waals surface area contributed by atoms with Crippen LogP contribution in [0, 0.1) is 17.5 Å². The zero-order chi connectivity index (χ0) is 11.4. The molecule has 1 aromatic rings. The average molecular weight is 253 g/mol. The van der Waals surface area contributed by atoms with Crippen molar-refractivity contribution >= 4 is 24.5 Å². The van der Waals surface area contributed by atoms with Crippen molar-refractivity contribution in [3.63, 3.8) is 0 Å². The summed E-state index contributed by atoms with van der Waals surface area (Å²) in [5.74, 6) is -4.48. The summed E-state index contributed by atoms with van der Waals surface area (Å²) in [6.45, 7) is 0. The summed E-state index contributed by atoms with van der Waals surface area (Å²) in [5, 5.41) is 0. The van der Waals surface area contributed by atoms with Gasteiger partial charge in [0.1, 0.15) is 12.1 Å². The molecule has 0 aliphatic carbocycles. The highest BCUT2D eigenvalue weighted by atomic mass is 35.5. The Bertz CT molecular complexity index is 407. The third-order valence-corrected chi connectivity index (χ3v) is 1.80. The van der Waals surface area contributed by atoms with Crippen molar-refractivity contribution in [2.24, 2.45) is 0 Å². The Labute approximate surface area is 95.9 Å². The van der Waals surface area contributed by atoms with Crippen LogP contribution in [0.5, 0.6) is 0 Å². The topological polar surface area (TPSA) is 34.1 Å². The van der Waals surface area contributed by atoms with Crippen molar-refractivity contribution in [3.05, 3.63) is 35.1 Å². The minimum absolute atomic E-state index is 0. The van der Waals surface area contributed by atoms with Crippen molar-refractivity contribution in [2.45, 2.75) is 12.8 Å². The van der Waals surface area contributed by atoms with Gasteiger partial charge in [-0.05, 0) is 6.07 Å². The highest BCUT2D eigenvalue weighted by Gasteiger charge is 2.15. The number of hydrogen-bond donors (Lipinski definition) is 0. The van der Waals surface area contributed by atoms with Crippen molar-refractivity contribution in [1.29, 1.82) is 0 Å². The maximum absolute atomic E-state index is 13.0. The Morgan fingerprint density at radius 1 is 1.12 bits per heavy atom. The molecule has 0 aliphatic rings. The van der Waals surface area contributed by atoms with E-state index in [0.29, 0.717) is 18.4 Å². The van der Waals surface area contributed by atoms with Crippen LogP contribution in [-0.2, 0) is 4.79 Å². The molecule has 0 saturated carbocycles. The number of benzene rings is 1. The van der Waals surface area contributed by atoms with E-state index in [-0.39, 0.29) is 25.2 Å². The first kappa shape index (κ1) is 14.6. The van der Waals surface area contributed by atoms with Gasteiger partial charge in [0.05, 0.1) is 5.56 Å². The van der Waals surface area contributed by atoms with E-state index in [4.69, 9.17) is 0 Å². The minimum atomic E-state index is -1.35. The van der Waals surface area contributed by atoms with Crippen LogP contribution >= 0.6 is 12.4 Å². The fourth-order valence-corrected chi connectivity index (χ4v) is 1.06. The molecule has 0 aromatic heterocycles. The van der Waals surface area contributed by atoms with E-state index in [1.807, 2.05) is 0 Å². The summed E-state index contributed by atoms with van der Waals surface area (Å²) < 4.78 is 38.2. The largest absolute Gasteiger partial charge is 0.303 e. The van der Waals surface area contributed by atoms with E-state index in [0.717, 1.165) is 0 Å². The molecule has 0 atom stereocenters. The van der Waals surface area contributed by atoms with E-state index in [1.165, 1.54) is 0 Å². The summed E-state index contributed by atoms with van der Waals surface area (Å²) in [6.07, 6.45) is 0.207. The molecule has 16 heavy (non-hydrogen) atoms. The summed E-state index contributed by atoms with van der Waals surface area (Å²) >= 11 is 0. The second-order valence-corrected chi connectivity index (χ2v) is 2.87. The lowest BCUT2D eigenvalue weighted by atomic mass is 10.1. The summed E-state index contributed by atoms with van der Waals surface area (Å²) in [7, 11) is 0. The molecular formula is C10H8ClF3O2. The third-order valence-electron chi connectivity index (χ3n) is 1.80. The lowest BCUT2D eigenvalue weighted by Crippen LogP contribution is -2.04. The Kier molecular flexibility index (Phi) is 5.74. The van der Waals surface area contributed by atoms with Crippen molar-refractivity contribution < 1.29 is 22.8 Å². The van der Waals surface area contributed by atoms with Gasteiger partial charge in [-0.25, -0.2) is 13.2 Å². The van der Waals surface area contributed by atoms with Gasteiger partial charge >= 0.3 is 0 Å². The molecule has 1 rings (SSSR count). The summed E-state index contributed by atoms with van der Waals surface area (Å²) in [5.41, 5.74) is -0.532. The number of ketones is 1. The molecule has 0 heterocycles. The zero-order valence-corrected chi connectivity index (χ0v) is 8.82. The van der Waals surface area contributed by atoms with Gasteiger partial charge in [-0.1, -0.05) is 0 Å². The summed E-state index contributed by atoms with van der Waals surface area (Å²) in [4.78, 5) is 21.2. The zero-order valence-electron chi connectivity index (χ0n) is 8.00. The molecule has 88 valence electrons. The van der Waals surface area contributed by atoms with Gasteiger partial charge < -0.3 is 4.79 Å². The minimum Gasteiger partial charge on any atom is -0.303 e. The Balaban J connectivity index is 0.00000225. The van der Waals surface area contributed by atoms with Gasteiger partial charge in [0.25, 0.3) is 0 Å². The van der Waals surface area contributed by atoms with Gasteiger partial charge in [-0.2, -0.15) is 0 Å². The molecule has 1 aromatic carbocycles. The van der Waals surface area contributed by atoms with Gasteiger partial charge in [0.2, 0.25) is 0 Å². The smallest absolute Gasteiger partial charge is 0.166 e. The van der Waals surface area contributed by atoms with Crippen LogP contribution in [0.2, 0.25) is 0 Å². The average Bonchev–Trinajstić information content (AvgIpc) is 2.20. The van der Waals surface area contributed by atoms with Crippen LogP contribution in [0.4, 0.5) is 13.2 Å². The third kappa shape index (κ3) is 3.34. The molecule has 0 spiro atoms. The fourth-order valence-electron chi connectivity index (χ4n) is 1.06. The van der Waals surface area contributed by atoms with Crippen LogP contribution in [0.3, 0.4) is 0 Å². The Morgan fingerprint density at radius 2 is 1.69 bits per heavy atom. The van der Waals surface area contributed by atoms with Crippen molar-refractivity contribution in [2.75, 3.05) is 0 Å².